The van der Waals surface area contributed by atoms with E-state index in [4.69, 9.17) is 14.1 Å². The van der Waals surface area contributed by atoms with Crippen LogP contribution in [0.4, 0.5) is 0 Å². The number of hydrogen-bond donors (Lipinski definition) is 1. The smallest absolute Gasteiger partial charge is 0.280 e. The van der Waals surface area contributed by atoms with E-state index in [0.717, 1.165) is 11.3 Å². The second kappa shape index (κ2) is 9.95. The molecule has 0 aliphatic carbocycles. The number of methoxy groups -OCH3 is 1. The summed E-state index contributed by atoms with van der Waals surface area (Å²) in [5.41, 5.74) is 2.44. The average molecular weight is 468 g/mol. The van der Waals surface area contributed by atoms with Crippen molar-refractivity contribution in [3.63, 3.8) is 0 Å². The third-order valence-electron chi connectivity index (χ3n) is 5.16. The zero-order valence-electron chi connectivity index (χ0n) is 18.7. The topological polar surface area (TPSA) is 104 Å². The van der Waals surface area contributed by atoms with Crippen molar-refractivity contribution in [2.45, 2.75) is 38.6 Å². The van der Waals surface area contributed by atoms with Crippen LogP contribution in [0.3, 0.4) is 0 Å². The summed E-state index contributed by atoms with van der Waals surface area (Å²) in [6.07, 6.45) is 1.56. The number of nitrogens with one attached hydrogen (secondary N) is 1. The summed E-state index contributed by atoms with van der Waals surface area (Å²) in [4.78, 5) is 30.6. The highest BCUT2D eigenvalue weighted by molar-refractivity contribution is 7.99. The molecule has 33 heavy (non-hydrogen) atoms. The van der Waals surface area contributed by atoms with Crippen LogP contribution in [0.5, 0.6) is 5.75 Å². The Morgan fingerprint density at radius 2 is 2.03 bits per heavy atom. The minimum atomic E-state index is -0.208. The second-order valence-electron chi connectivity index (χ2n) is 7.38. The van der Waals surface area contributed by atoms with Gasteiger partial charge in [0, 0.05) is 13.1 Å². The number of fused-ring (bicyclic) bond motifs is 1. The lowest BCUT2D eigenvalue weighted by Crippen LogP contribution is -2.27. The number of carbonyl (C=O) groups excluding carboxylic acids is 1. The van der Waals surface area contributed by atoms with E-state index in [-0.39, 0.29) is 23.8 Å². The molecule has 1 N–H and O–H groups in total. The van der Waals surface area contributed by atoms with Crippen molar-refractivity contribution in [3.8, 4) is 5.75 Å². The Morgan fingerprint density at radius 1 is 1.24 bits per heavy atom. The molecule has 10 heteroatoms. The Hall–Kier alpha value is -3.53. The number of aromatic nitrogens is 4. The number of aryl methyl sites for hydroxylation is 2. The first-order chi connectivity index (χ1) is 16.0. The van der Waals surface area contributed by atoms with Crippen LogP contribution < -0.4 is 15.6 Å². The molecule has 0 radical (unpaired) electrons. The van der Waals surface area contributed by atoms with Gasteiger partial charge in [-0.15, -0.1) is 0 Å². The number of benzene rings is 1. The maximum atomic E-state index is 13.4. The third kappa shape index (κ3) is 4.95. The Balaban J connectivity index is 1.54. The van der Waals surface area contributed by atoms with E-state index in [1.165, 1.54) is 16.3 Å². The molecular formula is C23H25N5O4S. The summed E-state index contributed by atoms with van der Waals surface area (Å²) < 4.78 is 13.8. The first kappa shape index (κ1) is 22.7. The van der Waals surface area contributed by atoms with Gasteiger partial charge in [0.2, 0.25) is 5.91 Å². The quantitative estimate of drug-likeness (QED) is 0.298. The molecule has 0 aliphatic rings. The molecule has 0 aliphatic heterocycles. The minimum Gasteiger partial charge on any atom is -0.497 e. The Bertz CT molecular complexity index is 1310. The van der Waals surface area contributed by atoms with E-state index in [1.807, 2.05) is 38.1 Å². The van der Waals surface area contributed by atoms with Gasteiger partial charge in [-0.1, -0.05) is 23.9 Å². The summed E-state index contributed by atoms with van der Waals surface area (Å²) >= 11 is 1.21. The van der Waals surface area contributed by atoms with E-state index in [2.05, 4.69) is 10.4 Å². The fourth-order valence-corrected chi connectivity index (χ4v) is 4.27. The van der Waals surface area contributed by atoms with Crippen LogP contribution in [0.25, 0.3) is 11.0 Å². The number of ether oxygens (including phenoxy) is 1. The number of nitrogens with zero attached hydrogens (tertiary/aromatic N) is 4. The first-order valence-corrected chi connectivity index (χ1v) is 11.5. The summed E-state index contributed by atoms with van der Waals surface area (Å²) in [6, 6.07) is 11.1. The lowest BCUT2D eigenvalue weighted by atomic mass is 10.2. The van der Waals surface area contributed by atoms with Gasteiger partial charge in [0.05, 0.1) is 31.4 Å². The molecule has 1 aromatic carbocycles. The lowest BCUT2D eigenvalue weighted by Gasteiger charge is -2.12. The molecule has 1 amide bonds. The number of carbonyl (C=O) groups is 1. The summed E-state index contributed by atoms with van der Waals surface area (Å²) in [5, 5.41) is 7.78. The SMILES string of the molecule is CCn1nc(C)c2nc(SCC(=O)NCc3ccc(OC)cc3)n(Cc3ccco3)c(=O)c21. The van der Waals surface area contributed by atoms with E-state index < -0.39 is 0 Å². The van der Waals surface area contributed by atoms with Crippen LogP contribution in [0.15, 0.2) is 57.0 Å². The van der Waals surface area contributed by atoms with E-state index in [9.17, 15) is 9.59 Å². The van der Waals surface area contributed by atoms with Gasteiger partial charge in [-0.05, 0) is 43.7 Å². The molecule has 0 saturated carbocycles. The average Bonchev–Trinajstić information content (AvgIpc) is 3.46. The normalized spacial score (nSPS) is 11.1. The molecular weight excluding hydrogens is 442 g/mol. The van der Waals surface area contributed by atoms with Crippen molar-refractivity contribution < 1.29 is 13.9 Å². The van der Waals surface area contributed by atoms with Gasteiger partial charge in [0.25, 0.3) is 5.56 Å². The molecule has 0 atom stereocenters. The van der Waals surface area contributed by atoms with Gasteiger partial charge < -0.3 is 14.5 Å². The van der Waals surface area contributed by atoms with Gasteiger partial charge in [0.1, 0.15) is 17.0 Å². The van der Waals surface area contributed by atoms with Gasteiger partial charge in [-0.3, -0.25) is 18.8 Å². The van der Waals surface area contributed by atoms with Crippen LogP contribution >= 0.6 is 11.8 Å². The summed E-state index contributed by atoms with van der Waals surface area (Å²) in [7, 11) is 1.61. The van der Waals surface area contributed by atoms with Crippen LogP contribution in [-0.4, -0.2) is 38.1 Å². The van der Waals surface area contributed by atoms with Crippen molar-refractivity contribution in [1.29, 1.82) is 0 Å². The predicted octanol–water partition coefficient (Wildman–Crippen LogP) is 2.98. The van der Waals surface area contributed by atoms with Crippen molar-refractivity contribution >= 4 is 28.7 Å². The molecule has 172 valence electrons. The molecule has 3 aromatic heterocycles. The number of furan rings is 1. The Kier molecular flexibility index (Phi) is 6.83. The molecule has 4 aromatic rings. The second-order valence-corrected chi connectivity index (χ2v) is 8.32. The van der Waals surface area contributed by atoms with Crippen LogP contribution in [-0.2, 0) is 24.4 Å². The number of amides is 1. The molecule has 9 nitrogen and oxygen atoms in total. The Labute approximate surface area is 194 Å². The van der Waals surface area contributed by atoms with E-state index in [0.29, 0.717) is 40.7 Å². The highest BCUT2D eigenvalue weighted by atomic mass is 32.2. The molecule has 0 fully saturated rings. The molecule has 0 bridgehead atoms. The summed E-state index contributed by atoms with van der Waals surface area (Å²) in [5.74, 6) is 1.35. The van der Waals surface area contributed by atoms with E-state index in [1.54, 1.807) is 30.2 Å². The number of hydrogen-bond acceptors (Lipinski definition) is 7. The molecule has 4 rings (SSSR count). The molecule has 0 unspecified atom stereocenters. The molecule has 0 spiro atoms. The fourth-order valence-electron chi connectivity index (χ4n) is 3.45. The zero-order valence-corrected chi connectivity index (χ0v) is 19.5. The third-order valence-corrected chi connectivity index (χ3v) is 6.13. The first-order valence-electron chi connectivity index (χ1n) is 10.5. The van der Waals surface area contributed by atoms with Gasteiger partial charge in [0.15, 0.2) is 10.7 Å². The van der Waals surface area contributed by atoms with Gasteiger partial charge in [-0.25, -0.2) is 4.98 Å². The molecule has 0 saturated heterocycles. The monoisotopic (exact) mass is 467 g/mol. The minimum absolute atomic E-state index is 0.118. The number of rotatable bonds is 9. The fraction of sp³-hybridized carbons (Fsp3) is 0.304. The van der Waals surface area contributed by atoms with Crippen molar-refractivity contribution in [2.75, 3.05) is 12.9 Å². The lowest BCUT2D eigenvalue weighted by molar-refractivity contribution is -0.118. The number of thioether (sulfide) groups is 1. The van der Waals surface area contributed by atoms with Crippen LogP contribution in [0.2, 0.25) is 0 Å². The maximum Gasteiger partial charge on any atom is 0.280 e. The highest BCUT2D eigenvalue weighted by Crippen LogP contribution is 2.21. The van der Waals surface area contributed by atoms with Crippen LogP contribution in [0, 0.1) is 6.92 Å². The van der Waals surface area contributed by atoms with E-state index >= 15 is 0 Å². The Morgan fingerprint density at radius 3 is 2.70 bits per heavy atom. The highest BCUT2D eigenvalue weighted by Gasteiger charge is 2.19. The summed E-state index contributed by atoms with van der Waals surface area (Å²) in [6.45, 7) is 4.93. The largest absolute Gasteiger partial charge is 0.497 e. The standard InChI is InChI=1S/C23H25N5O4S/c1-4-28-21-20(15(2)26-28)25-23(27(22(21)30)13-18-6-5-11-32-18)33-14-19(29)24-12-16-7-9-17(31-3)10-8-16/h5-11H,4,12-14H2,1-3H3,(H,24,29). The van der Waals surface area contributed by atoms with Gasteiger partial charge >= 0.3 is 0 Å². The molecule has 3 heterocycles. The van der Waals surface area contributed by atoms with Crippen molar-refractivity contribution in [1.82, 2.24) is 24.6 Å². The predicted molar refractivity (Wildman–Crippen MR) is 126 cm³/mol. The van der Waals surface area contributed by atoms with Gasteiger partial charge in [-0.2, -0.15) is 5.10 Å². The van der Waals surface area contributed by atoms with Crippen molar-refractivity contribution in [3.05, 3.63) is 70.0 Å². The van der Waals surface area contributed by atoms with Crippen molar-refractivity contribution in [2.24, 2.45) is 0 Å². The zero-order chi connectivity index (χ0) is 23.4. The van der Waals surface area contributed by atoms with Crippen LogP contribution in [0.1, 0.15) is 23.9 Å². The maximum absolute atomic E-state index is 13.4.